The van der Waals surface area contributed by atoms with Gasteiger partial charge < -0.3 is 10.2 Å². The van der Waals surface area contributed by atoms with Crippen LogP contribution in [0.4, 0.5) is 4.79 Å². The van der Waals surface area contributed by atoms with Crippen LogP contribution >= 0.6 is 11.6 Å². The molecule has 0 saturated heterocycles. The Morgan fingerprint density at radius 2 is 2.22 bits per heavy atom. The Morgan fingerprint density at radius 3 is 2.83 bits per heavy atom. The molecule has 1 aromatic carbocycles. The van der Waals surface area contributed by atoms with Gasteiger partial charge >= 0.3 is 6.09 Å². The lowest BCUT2D eigenvalue weighted by atomic mass is 9.95. The van der Waals surface area contributed by atoms with E-state index in [9.17, 15) is 15.0 Å². The van der Waals surface area contributed by atoms with Crippen molar-refractivity contribution in [2.75, 3.05) is 0 Å². The van der Waals surface area contributed by atoms with Gasteiger partial charge in [-0.05, 0) is 30.7 Å². The Kier molecular flexibility index (Phi) is 3.59. The van der Waals surface area contributed by atoms with Crippen LogP contribution in [0.3, 0.4) is 0 Å². The van der Waals surface area contributed by atoms with Gasteiger partial charge in [-0.25, -0.2) is 4.79 Å². The Labute approximate surface area is 110 Å². The zero-order valence-electron chi connectivity index (χ0n) is 9.88. The van der Waals surface area contributed by atoms with Gasteiger partial charge in [0.1, 0.15) is 0 Å². The van der Waals surface area contributed by atoms with E-state index in [0.29, 0.717) is 17.1 Å². The highest BCUT2D eigenvalue weighted by atomic mass is 35.5. The number of carbonyl (C=O) groups is 1. The maximum absolute atomic E-state index is 11.3. The van der Waals surface area contributed by atoms with Crippen molar-refractivity contribution in [2.45, 2.75) is 25.5 Å². The lowest BCUT2D eigenvalue weighted by Crippen LogP contribution is -2.37. The molecule has 1 aliphatic heterocycles. The number of nitrogens with zero attached hydrogens (tertiary/aromatic N) is 1. The second kappa shape index (κ2) is 5.00. The van der Waals surface area contributed by atoms with Crippen molar-refractivity contribution in [1.82, 2.24) is 4.90 Å². The minimum absolute atomic E-state index is 0.337. The van der Waals surface area contributed by atoms with Crippen LogP contribution in [0.1, 0.15) is 24.9 Å². The van der Waals surface area contributed by atoms with E-state index in [2.05, 4.69) is 0 Å². The molecule has 0 aromatic heterocycles. The Hall–Kier alpha value is -1.52. The molecule has 96 valence electrons. The maximum Gasteiger partial charge on any atom is 0.412 e. The molecular formula is C13H14ClNO3. The molecule has 2 N–H and O–H groups in total. The number of rotatable bonds is 1. The summed E-state index contributed by atoms with van der Waals surface area (Å²) in [7, 11) is 0. The van der Waals surface area contributed by atoms with Gasteiger partial charge in [-0.15, -0.1) is 0 Å². The first-order chi connectivity index (χ1) is 8.49. The van der Waals surface area contributed by atoms with Crippen molar-refractivity contribution >= 4 is 17.7 Å². The highest BCUT2D eigenvalue weighted by Gasteiger charge is 2.31. The summed E-state index contributed by atoms with van der Waals surface area (Å²) in [4.78, 5) is 12.6. The number of aliphatic hydroxyl groups excluding tert-OH is 1. The molecule has 0 spiro atoms. The van der Waals surface area contributed by atoms with Crippen molar-refractivity contribution in [3.63, 3.8) is 0 Å². The van der Waals surface area contributed by atoms with Crippen molar-refractivity contribution in [2.24, 2.45) is 0 Å². The first kappa shape index (κ1) is 12.9. The van der Waals surface area contributed by atoms with E-state index in [1.54, 1.807) is 31.2 Å². The number of amides is 1. The van der Waals surface area contributed by atoms with Crippen LogP contribution in [0.15, 0.2) is 36.0 Å². The quantitative estimate of drug-likeness (QED) is 0.822. The molecule has 18 heavy (non-hydrogen) atoms. The fourth-order valence-corrected chi connectivity index (χ4v) is 2.49. The number of allylic oxidation sites excluding steroid dienone is 1. The van der Waals surface area contributed by atoms with E-state index in [1.807, 2.05) is 6.07 Å². The number of carboxylic acid groups (broad SMARTS) is 1. The lowest BCUT2D eigenvalue weighted by Gasteiger charge is -2.35. The van der Waals surface area contributed by atoms with Crippen LogP contribution in [0.5, 0.6) is 0 Å². The van der Waals surface area contributed by atoms with Crippen LogP contribution in [0.25, 0.3) is 0 Å². The van der Waals surface area contributed by atoms with E-state index in [-0.39, 0.29) is 0 Å². The van der Waals surface area contributed by atoms with E-state index in [4.69, 9.17) is 11.6 Å². The summed E-state index contributed by atoms with van der Waals surface area (Å²) < 4.78 is 0. The normalized spacial score (nSPS) is 23.7. The Balaban J connectivity index is 2.41. The predicted molar refractivity (Wildman–Crippen MR) is 68.4 cm³/mol. The molecule has 2 rings (SSSR count). The summed E-state index contributed by atoms with van der Waals surface area (Å²) in [5.41, 5.74) is 1.32. The summed E-state index contributed by atoms with van der Waals surface area (Å²) in [5.74, 6) is 0. The first-order valence-electron chi connectivity index (χ1n) is 5.63. The molecular weight excluding hydrogens is 254 g/mol. The fraction of sp³-hybridized carbons (Fsp3) is 0.308. The van der Waals surface area contributed by atoms with Crippen molar-refractivity contribution in [3.05, 3.63) is 46.6 Å². The molecule has 4 nitrogen and oxygen atoms in total. The Morgan fingerprint density at radius 1 is 1.50 bits per heavy atom. The smallest absolute Gasteiger partial charge is 0.412 e. The molecule has 1 aromatic rings. The van der Waals surface area contributed by atoms with Gasteiger partial charge in [0.2, 0.25) is 0 Å². The zero-order valence-corrected chi connectivity index (χ0v) is 10.6. The number of hydrogen-bond acceptors (Lipinski definition) is 2. The van der Waals surface area contributed by atoms with E-state index in [0.717, 1.165) is 5.56 Å². The molecule has 2 atom stereocenters. The second-order valence-corrected chi connectivity index (χ2v) is 4.77. The standard InChI is InChI=1S/C13H14ClNO3/c1-8-5-11(16)7-12(15(8)13(17)18)9-3-2-4-10(14)6-9/h2-6,11-12,16H,7H2,1H3,(H,17,18)/t11-,12-/m1/s1. The lowest BCUT2D eigenvalue weighted by molar-refractivity contribution is 0.105. The summed E-state index contributed by atoms with van der Waals surface area (Å²) in [6.45, 7) is 1.67. The monoisotopic (exact) mass is 267 g/mol. The summed E-state index contributed by atoms with van der Waals surface area (Å²) in [6, 6.07) is 6.66. The second-order valence-electron chi connectivity index (χ2n) is 4.33. The number of hydrogen-bond donors (Lipinski definition) is 2. The molecule has 0 aliphatic carbocycles. The first-order valence-corrected chi connectivity index (χ1v) is 6.01. The minimum atomic E-state index is -1.03. The third-order valence-corrected chi connectivity index (χ3v) is 3.26. The number of halogens is 1. The van der Waals surface area contributed by atoms with Crippen molar-refractivity contribution < 1.29 is 15.0 Å². The molecule has 0 radical (unpaired) electrons. The van der Waals surface area contributed by atoms with Gasteiger partial charge in [0.05, 0.1) is 12.1 Å². The highest BCUT2D eigenvalue weighted by molar-refractivity contribution is 6.30. The van der Waals surface area contributed by atoms with Gasteiger partial charge in [-0.1, -0.05) is 23.7 Å². The van der Waals surface area contributed by atoms with Gasteiger partial charge in [-0.3, -0.25) is 4.90 Å². The Bertz CT molecular complexity index is 501. The van der Waals surface area contributed by atoms with Crippen molar-refractivity contribution in [3.8, 4) is 0 Å². The predicted octanol–water partition coefficient (Wildman–Crippen LogP) is 3.03. The largest absolute Gasteiger partial charge is 0.465 e. The molecule has 1 aliphatic rings. The van der Waals surface area contributed by atoms with Crippen LogP contribution in [-0.4, -0.2) is 27.3 Å². The molecule has 0 unspecified atom stereocenters. The average Bonchev–Trinajstić information content (AvgIpc) is 2.27. The van der Waals surface area contributed by atoms with Gasteiger partial charge in [-0.2, -0.15) is 0 Å². The molecule has 1 heterocycles. The molecule has 0 bridgehead atoms. The van der Waals surface area contributed by atoms with Crippen molar-refractivity contribution in [1.29, 1.82) is 0 Å². The minimum Gasteiger partial charge on any atom is -0.465 e. The molecule has 1 amide bonds. The van der Waals surface area contributed by atoms with Gasteiger partial charge in [0.15, 0.2) is 0 Å². The zero-order chi connectivity index (χ0) is 13.3. The molecule has 0 fully saturated rings. The third kappa shape index (κ3) is 2.49. The number of aliphatic hydroxyl groups is 1. The van der Waals surface area contributed by atoms with E-state index in [1.165, 1.54) is 4.90 Å². The van der Waals surface area contributed by atoms with Crippen LogP contribution in [0.2, 0.25) is 5.02 Å². The topological polar surface area (TPSA) is 60.8 Å². The van der Waals surface area contributed by atoms with E-state index < -0.39 is 18.2 Å². The number of benzene rings is 1. The van der Waals surface area contributed by atoms with E-state index >= 15 is 0 Å². The summed E-state index contributed by atoms with van der Waals surface area (Å²) in [5, 5.41) is 19.6. The van der Waals surface area contributed by atoms with Gasteiger partial charge in [0, 0.05) is 17.1 Å². The fourth-order valence-electron chi connectivity index (χ4n) is 2.29. The van der Waals surface area contributed by atoms with Crippen LogP contribution in [0, 0.1) is 0 Å². The van der Waals surface area contributed by atoms with Gasteiger partial charge in [0.25, 0.3) is 0 Å². The SMILES string of the molecule is CC1=C[C@@H](O)C[C@H](c2cccc(Cl)c2)N1C(=O)O. The summed E-state index contributed by atoms with van der Waals surface area (Å²) >= 11 is 5.92. The average molecular weight is 268 g/mol. The van der Waals surface area contributed by atoms with Crippen LogP contribution in [-0.2, 0) is 0 Å². The highest BCUT2D eigenvalue weighted by Crippen LogP contribution is 2.34. The summed E-state index contributed by atoms with van der Waals surface area (Å²) in [6.07, 6.45) is 0.226. The molecule has 5 heteroatoms. The maximum atomic E-state index is 11.3. The molecule has 0 saturated carbocycles. The third-order valence-electron chi connectivity index (χ3n) is 3.03. The van der Waals surface area contributed by atoms with Crippen LogP contribution < -0.4 is 0 Å².